The third-order valence-electron chi connectivity index (χ3n) is 6.59. The number of hydrogen-bond acceptors (Lipinski definition) is 3. The van der Waals surface area contributed by atoms with Gasteiger partial charge in [-0.2, -0.15) is 0 Å². The number of allylic oxidation sites excluding steroid dienone is 4. The molecule has 0 bridgehead atoms. The van der Waals surface area contributed by atoms with Crippen LogP contribution < -0.4 is 0 Å². The van der Waals surface area contributed by atoms with E-state index in [0.29, 0.717) is 28.2 Å². The molecule has 196 valence electrons. The number of aromatic nitrogens is 1. The third-order valence-corrected chi connectivity index (χ3v) is 6.59. The second-order valence-electron chi connectivity index (χ2n) is 9.69. The number of nitrogens with zero attached hydrogens (tertiary/aromatic N) is 2. The number of Topliss-reactive ketones (excluding diaryl/α,β-unsaturated/α-hetero) is 1. The fourth-order valence-corrected chi connectivity index (χ4v) is 4.96. The number of benzene rings is 2. The Labute approximate surface area is 228 Å². The molecule has 0 fully saturated rings. The predicted octanol–water partition coefficient (Wildman–Crippen LogP) is 7.33. The van der Waals surface area contributed by atoms with Gasteiger partial charge in [0.2, 0.25) is 0 Å². The SMILES string of the molecule is CC(=O)/C(=C(\C)O)c1ccc(C#Cc2ccc(/C(=C3/N=C(C)C=C3C)c3c(C)cc(C)n3B(F)F)cc2)cc1. The standard InChI is InChI=1S/C32H29BF2N2O2/c1-19-17-21(3)36-31(19)30(32-20(2)18-22(4)37(32)33(34)35)28-15-11-26(12-16-28)8-7-25-9-13-27(14-10-25)29(23(5)38)24(6)39/h9-18,38H,1-6H3/b29-23-,31-30-. The van der Waals surface area contributed by atoms with Gasteiger partial charge in [0, 0.05) is 33.8 Å². The summed E-state index contributed by atoms with van der Waals surface area (Å²) in [5.41, 5.74) is 8.01. The Morgan fingerprint density at radius 2 is 1.44 bits per heavy atom. The summed E-state index contributed by atoms with van der Waals surface area (Å²) >= 11 is 0. The first-order chi connectivity index (χ1) is 18.5. The molecule has 0 spiro atoms. The second kappa shape index (κ2) is 11.1. The molecule has 0 atom stereocenters. The van der Waals surface area contributed by atoms with Gasteiger partial charge >= 0.3 is 7.40 Å². The molecule has 1 aliphatic heterocycles. The smallest absolute Gasteiger partial charge is 0.512 e. The minimum absolute atomic E-state index is 0.0222. The average Bonchev–Trinajstić information content (AvgIpc) is 3.35. The van der Waals surface area contributed by atoms with Crippen molar-refractivity contribution in [2.45, 2.75) is 41.5 Å². The number of halogens is 2. The van der Waals surface area contributed by atoms with E-state index in [2.05, 4.69) is 11.8 Å². The number of ketones is 1. The summed E-state index contributed by atoms with van der Waals surface area (Å²) in [5, 5.41) is 9.83. The Kier molecular flexibility index (Phi) is 7.87. The van der Waals surface area contributed by atoms with Crippen LogP contribution in [0.1, 0.15) is 66.9 Å². The highest BCUT2D eigenvalue weighted by molar-refractivity contribution is 6.41. The number of aliphatic imine (C=N–C) groups is 1. The van der Waals surface area contributed by atoms with Crippen LogP contribution in [-0.2, 0) is 4.79 Å². The quantitative estimate of drug-likeness (QED) is 0.165. The first-order valence-electron chi connectivity index (χ1n) is 12.6. The van der Waals surface area contributed by atoms with Gasteiger partial charge < -0.3 is 9.58 Å². The second-order valence-corrected chi connectivity index (χ2v) is 9.69. The zero-order chi connectivity index (χ0) is 28.4. The van der Waals surface area contributed by atoms with Crippen LogP contribution in [0.15, 0.2) is 82.7 Å². The average molecular weight is 522 g/mol. The molecule has 4 rings (SSSR count). The van der Waals surface area contributed by atoms with Gasteiger partial charge in [-0.05, 0) is 100 Å². The van der Waals surface area contributed by atoms with Crippen LogP contribution in [0.4, 0.5) is 8.63 Å². The van der Waals surface area contributed by atoms with Crippen molar-refractivity contribution in [3.63, 3.8) is 0 Å². The van der Waals surface area contributed by atoms with E-state index in [0.717, 1.165) is 38.0 Å². The van der Waals surface area contributed by atoms with Crippen molar-refractivity contribution in [1.29, 1.82) is 0 Å². The lowest BCUT2D eigenvalue weighted by molar-refractivity contribution is -0.111. The highest BCUT2D eigenvalue weighted by atomic mass is 19.2. The van der Waals surface area contributed by atoms with Crippen LogP contribution in [0.3, 0.4) is 0 Å². The normalized spacial score (nSPS) is 14.7. The molecule has 1 aromatic heterocycles. The van der Waals surface area contributed by atoms with Crippen LogP contribution in [-0.4, -0.2) is 28.5 Å². The van der Waals surface area contributed by atoms with Crippen molar-refractivity contribution in [2.75, 3.05) is 0 Å². The Balaban J connectivity index is 1.72. The summed E-state index contributed by atoms with van der Waals surface area (Å²) in [6.45, 7) is 10.3. The molecule has 7 heteroatoms. The summed E-state index contributed by atoms with van der Waals surface area (Å²) in [5.74, 6) is 6.01. The maximum atomic E-state index is 14.2. The van der Waals surface area contributed by atoms with Gasteiger partial charge in [0.25, 0.3) is 0 Å². The minimum atomic E-state index is -2.68. The molecule has 0 unspecified atom stereocenters. The van der Waals surface area contributed by atoms with Gasteiger partial charge in [-0.15, -0.1) is 0 Å². The Hall–Kier alpha value is -4.44. The number of carbonyl (C=O) groups is 1. The van der Waals surface area contributed by atoms with Gasteiger partial charge in [0.05, 0.1) is 11.3 Å². The van der Waals surface area contributed by atoms with Crippen molar-refractivity contribution in [1.82, 2.24) is 4.48 Å². The lowest BCUT2D eigenvalue weighted by Crippen LogP contribution is -2.18. The summed E-state index contributed by atoms with van der Waals surface area (Å²) in [7, 11) is -2.68. The van der Waals surface area contributed by atoms with Gasteiger partial charge in [0.15, 0.2) is 5.78 Å². The number of aliphatic hydroxyl groups is 1. The zero-order valence-electron chi connectivity index (χ0n) is 22.9. The van der Waals surface area contributed by atoms with Crippen molar-refractivity contribution in [3.05, 3.63) is 117 Å². The molecule has 4 nitrogen and oxygen atoms in total. The summed E-state index contributed by atoms with van der Waals surface area (Å²) in [6.07, 6.45) is 1.95. The van der Waals surface area contributed by atoms with E-state index in [9.17, 15) is 18.5 Å². The maximum absolute atomic E-state index is 14.2. The van der Waals surface area contributed by atoms with Crippen molar-refractivity contribution < 1.29 is 18.5 Å². The van der Waals surface area contributed by atoms with E-state index in [1.54, 1.807) is 37.3 Å². The molecular formula is C32H29BF2N2O2. The monoisotopic (exact) mass is 522 g/mol. The number of aryl methyl sites for hydroxylation is 2. The molecule has 0 amide bonds. The van der Waals surface area contributed by atoms with E-state index in [1.807, 2.05) is 51.1 Å². The molecule has 3 aromatic rings. The summed E-state index contributed by atoms with van der Waals surface area (Å²) < 4.78 is 29.4. The first kappa shape index (κ1) is 27.6. The first-order valence-corrected chi connectivity index (χ1v) is 12.6. The largest absolute Gasteiger partial charge is 0.677 e. The molecule has 0 radical (unpaired) electrons. The lowest BCUT2D eigenvalue weighted by atomic mass is 9.94. The van der Waals surface area contributed by atoms with E-state index in [1.165, 1.54) is 13.8 Å². The molecule has 2 aromatic carbocycles. The minimum Gasteiger partial charge on any atom is -0.512 e. The zero-order valence-corrected chi connectivity index (χ0v) is 22.9. The third kappa shape index (κ3) is 5.70. The fourth-order valence-electron chi connectivity index (χ4n) is 4.96. The van der Waals surface area contributed by atoms with Crippen LogP contribution in [0.2, 0.25) is 0 Å². The van der Waals surface area contributed by atoms with Crippen molar-refractivity contribution in [3.8, 4) is 11.8 Å². The Morgan fingerprint density at radius 3 is 1.87 bits per heavy atom. The van der Waals surface area contributed by atoms with Gasteiger partial charge in [-0.25, -0.2) is 0 Å². The van der Waals surface area contributed by atoms with Crippen LogP contribution in [0.5, 0.6) is 0 Å². The number of rotatable bonds is 5. The Bertz CT molecular complexity index is 1640. The number of hydrogen-bond donors (Lipinski definition) is 1. The van der Waals surface area contributed by atoms with E-state index < -0.39 is 7.40 Å². The highest BCUT2D eigenvalue weighted by Gasteiger charge is 2.29. The molecule has 0 saturated carbocycles. The number of aliphatic hydroxyl groups excluding tert-OH is 1. The van der Waals surface area contributed by atoms with E-state index in [-0.39, 0.29) is 17.1 Å². The summed E-state index contributed by atoms with van der Waals surface area (Å²) in [4.78, 5) is 16.5. The number of carbonyl (C=O) groups excluding carboxylic acids is 1. The highest BCUT2D eigenvalue weighted by Crippen LogP contribution is 2.37. The molecular weight excluding hydrogens is 493 g/mol. The molecule has 0 aliphatic carbocycles. The van der Waals surface area contributed by atoms with Crippen LogP contribution in [0.25, 0.3) is 11.1 Å². The van der Waals surface area contributed by atoms with Crippen LogP contribution in [0, 0.1) is 25.7 Å². The Morgan fingerprint density at radius 1 is 0.897 bits per heavy atom. The summed E-state index contributed by atoms with van der Waals surface area (Å²) in [6, 6.07) is 16.4. The van der Waals surface area contributed by atoms with Gasteiger partial charge in [-0.3, -0.25) is 18.4 Å². The van der Waals surface area contributed by atoms with Gasteiger partial charge in [-0.1, -0.05) is 36.1 Å². The molecule has 2 heterocycles. The topological polar surface area (TPSA) is 54.6 Å². The van der Waals surface area contributed by atoms with E-state index >= 15 is 0 Å². The lowest BCUT2D eigenvalue weighted by Gasteiger charge is -2.16. The maximum Gasteiger partial charge on any atom is 0.677 e. The van der Waals surface area contributed by atoms with Crippen molar-refractivity contribution >= 4 is 30.0 Å². The molecule has 39 heavy (non-hydrogen) atoms. The van der Waals surface area contributed by atoms with Gasteiger partial charge in [0.1, 0.15) is 5.76 Å². The molecule has 1 N–H and O–H groups in total. The molecule has 0 saturated heterocycles. The van der Waals surface area contributed by atoms with Crippen LogP contribution >= 0.6 is 0 Å². The molecule has 1 aliphatic rings. The predicted molar refractivity (Wildman–Crippen MR) is 155 cm³/mol. The van der Waals surface area contributed by atoms with Crippen molar-refractivity contribution in [2.24, 2.45) is 4.99 Å². The van der Waals surface area contributed by atoms with E-state index in [4.69, 9.17) is 4.99 Å². The fraction of sp³-hybridized carbons (Fsp3) is 0.188.